The van der Waals surface area contributed by atoms with Crippen LogP contribution in [0.2, 0.25) is 0 Å². The van der Waals surface area contributed by atoms with E-state index in [1.54, 1.807) is 11.1 Å². The van der Waals surface area contributed by atoms with Gasteiger partial charge >= 0.3 is 0 Å². The van der Waals surface area contributed by atoms with Gasteiger partial charge in [-0.05, 0) is 13.0 Å². The highest BCUT2D eigenvalue weighted by Gasteiger charge is 2.23. The van der Waals surface area contributed by atoms with Gasteiger partial charge in [0.25, 0.3) is 11.7 Å². The summed E-state index contributed by atoms with van der Waals surface area (Å²) >= 11 is 0. The Kier molecular flexibility index (Phi) is 4.15. The van der Waals surface area contributed by atoms with E-state index in [2.05, 4.69) is 22.2 Å². The number of H-pyrrole nitrogens is 1. The summed E-state index contributed by atoms with van der Waals surface area (Å²) < 4.78 is 0. The van der Waals surface area contributed by atoms with Crippen LogP contribution in [0.15, 0.2) is 18.3 Å². The number of carbonyl (C=O) groups is 1. The largest absolute Gasteiger partial charge is 0.352 e. The maximum Gasteiger partial charge on any atom is 0.274 e. The molecule has 3 N–H and O–H groups in total. The number of carbonyl (C=O) groups excluding carboxylic acids is 1. The molecule has 0 atom stereocenters. The molecule has 2 heterocycles. The molecule has 1 fully saturated rings. The van der Waals surface area contributed by atoms with Crippen LogP contribution in [0.1, 0.15) is 17.3 Å². The molecule has 18 heavy (non-hydrogen) atoms. The third kappa shape index (κ3) is 2.98. The number of amides is 1. The fourth-order valence-corrected chi connectivity index (χ4v) is 2.15. The summed E-state index contributed by atoms with van der Waals surface area (Å²) in [5.41, 5.74) is 0.681. The molecule has 0 unspecified atom stereocenters. The molecule has 5 nitrogen and oxygen atoms in total. The first-order valence-corrected chi connectivity index (χ1v) is 6.57. The third-order valence-corrected chi connectivity index (χ3v) is 3.35. The monoisotopic (exact) mass is 250 g/mol. The number of anilines is 1. The van der Waals surface area contributed by atoms with Gasteiger partial charge in [0.2, 0.25) is 0 Å². The number of quaternary nitrogens is 1. The highest BCUT2D eigenvalue weighted by atomic mass is 16.1. The molecule has 98 valence electrons. The average molecular weight is 250 g/mol. The van der Waals surface area contributed by atoms with E-state index in [1.165, 1.54) is 0 Å². The van der Waals surface area contributed by atoms with E-state index >= 15 is 0 Å². The van der Waals surface area contributed by atoms with Gasteiger partial charge < -0.3 is 10.2 Å². The Morgan fingerprint density at radius 3 is 2.72 bits per heavy atom. The molecule has 0 radical (unpaired) electrons. The molecule has 0 aromatic carbocycles. The Bertz CT molecular complexity index is 396. The third-order valence-electron chi connectivity index (χ3n) is 3.35. The zero-order valence-electron chi connectivity index (χ0n) is 11.1. The van der Waals surface area contributed by atoms with Gasteiger partial charge in [0.05, 0.1) is 12.6 Å². The molecule has 0 aliphatic carbocycles. The lowest BCUT2D eigenvalue weighted by molar-refractivity contribution is -0.880. The number of pyridine rings is 1. The van der Waals surface area contributed by atoms with Gasteiger partial charge in [0.1, 0.15) is 32.4 Å². The van der Waals surface area contributed by atoms with Crippen molar-refractivity contribution >= 4 is 11.7 Å². The van der Waals surface area contributed by atoms with E-state index < -0.39 is 0 Å². The van der Waals surface area contributed by atoms with Crippen LogP contribution < -0.4 is 20.1 Å². The number of likely N-dealkylation sites (N-methyl/N-ethyl adjacent to an activating group) is 1. The summed E-state index contributed by atoms with van der Waals surface area (Å²) in [5.74, 6) is 1.07. The number of hydrogen-bond donors (Lipinski definition) is 2. The second kappa shape index (κ2) is 5.82. The van der Waals surface area contributed by atoms with Gasteiger partial charge in [-0.2, -0.15) is 0 Å². The van der Waals surface area contributed by atoms with Crippen molar-refractivity contribution in [2.45, 2.75) is 6.92 Å². The number of aromatic amines is 1. The molecule has 1 saturated heterocycles. The Morgan fingerprint density at radius 1 is 1.44 bits per heavy atom. The number of hydrogen-bond acceptors (Lipinski definition) is 2. The zero-order valence-corrected chi connectivity index (χ0v) is 11.1. The smallest absolute Gasteiger partial charge is 0.274 e. The Balaban J connectivity index is 2.01. The van der Waals surface area contributed by atoms with Gasteiger partial charge in [0, 0.05) is 12.6 Å². The number of nitrogens with one attached hydrogen (secondary N) is 3. The lowest BCUT2D eigenvalue weighted by Gasteiger charge is -2.25. The molecule has 1 amide bonds. The molecule has 0 saturated carbocycles. The van der Waals surface area contributed by atoms with Crippen molar-refractivity contribution in [3.63, 3.8) is 0 Å². The molecule has 5 heteroatoms. The minimum atomic E-state index is -0.0249. The van der Waals surface area contributed by atoms with Crippen LogP contribution in [0.25, 0.3) is 0 Å². The SMILES string of the molecule is CCNC(=O)c1ccc(N2CC[NH+](C)CC2)[nH+]c1. The molecule has 1 aliphatic heterocycles. The van der Waals surface area contributed by atoms with Gasteiger partial charge in [-0.1, -0.05) is 0 Å². The zero-order chi connectivity index (χ0) is 13.0. The highest BCUT2D eigenvalue weighted by molar-refractivity contribution is 5.93. The quantitative estimate of drug-likeness (QED) is 0.692. The van der Waals surface area contributed by atoms with Crippen molar-refractivity contribution in [3.8, 4) is 0 Å². The van der Waals surface area contributed by atoms with E-state index in [9.17, 15) is 4.79 Å². The Labute approximate surface area is 108 Å². The van der Waals surface area contributed by atoms with Crippen LogP contribution in [0.5, 0.6) is 0 Å². The van der Waals surface area contributed by atoms with Crippen LogP contribution in [0.4, 0.5) is 5.82 Å². The first-order chi connectivity index (χ1) is 8.70. The molecule has 2 rings (SSSR count). The van der Waals surface area contributed by atoms with Crippen molar-refractivity contribution in [2.75, 3.05) is 44.7 Å². The fourth-order valence-electron chi connectivity index (χ4n) is 2.15. The van der Waals surface area contributed by atoms with Crippen LogP contribution in [0.3, 0.4) is 0 Å². The van der Waals surface area contributed by atoms with Gasteiger partial charge in [-0.15, -0.1) is 0 Å². The topological polar surface area (TPSA) is 50.9 Å². The summed E-state index contributed by atoms with van der Waals surface area (Å²) in [4.78, 5) is 18.7. The van der Waals surface area contributed by atoms with E-state index in [4.69, 9.17) is 0 Å². The molecular weight excluding hydrogens is 228 g/mol. The van der Waals surface area contributed by atoms with E-state index in [0.29, 0.717) is 12.1 Å². The summed E-state index contributed by atoms with van der Waals surface area (Å²) in [6.07, 6.45) is 1.78. The minimum absolute atomic E-state index is 0.0249. The summed E-state index contributed by atoms with van der Waals surface area (Å²) in [5, 5.41) is 2.79. The van der Waals surface area contributed by atoms with Gasteiger partial charge in [0.15, 0.2) is 0 Å². The van der Waals surface area contributed by atoms with E-state index in [0.717, 1.165) is 32.0 Å². The Morgan fingerprint density at radius 2 is 2.17 bits per heavy atom. The van der Waals surface area contributed by atoms with Gasteiger partial charge in [-0.3, -0.25) is 9.69 Å². The van der Waals surface area contributed by atoms with E-state index in [1.807, 2.05) is 19.1 Å². The minimum Gasteiger partial charge on any atom is -0.352 e. The van der Waals surface area contributed by atoms with Crippen molar-refractivity contribution < 1.29 is 14.7 Å². The number of piperazine rings is 1. The van der Waals surface area contributed by atoms with Crippen LogP contribution in [-0.4, -0.2) is 45.7 Å². The molecule has 0 bridgehead atoms. The number of nitrogens with zero attached hydrogens (tertiary/aromatic N) is 1. The molecular formula is C13H22N4O+2. The van der Waals surface area contributed by atoms with Crippen molar-refractivity contribution in [3.05, 3.63) is 23.9 Å². The Hall–Kier alpha value is -1.62. The predicted octanol–water partition coefficient (Wildman–Crippen LogP) is -1.41. The number of rotatable bonds is 3. The molecule has 1 aromatic heterocycles. The molecule has 1 aromatic rings. The first-order valence-electron chi connectivity index (χ1n) is 6.57. The fraction of sp³-hybridized carbons (Fsp3) is 0.538. The second-order valence-electron chi connectivity index (χ2n) is 4.77. The first kappa shape index (κ1) is 12.8. The maximum atomic E-state index is 11.6. The lowest BCUT2D eigenvalue weighted by atomic mass is 10.2. The average Bonchev–Trinajstić information content (AvgIpc) is 2.40. The van der Waals surface area contributed by atoms with Crippen molar-refractivity contribution in [1.82, 2.24) is 5.32 Å². The van der Waals surface area contributed by atoms with E-state index in [-0.39, 0.29) is 5.91 Å². The lowest BCUT2D eigenvalue weighted by Crippen LogP contribution is -3.12. The van der Waals surface area contributed by atoms with Crippen LogP contribution in [-0.2, 0) is 0 Å². The summed E-state index contributed by atoms with van der Waals surface area (Å²) in [7, 11) is 2.22. The second-order valence-corrected chi connectivity index (χ2v) is 4.77. The highest BCUT2D eigenvalue weighted by Crippen LogP contribution is 2.07. The molecule has 1 aliphatic rings. The van der Waals surface area contributed by atoms with Gasteiger partial charge in [-0.25, -0.2) is 4.98 Å². The summed E-state index contributed by atoms with van der Waals surface area (Å²) in [6, 6.07) is 3.87. The standard InChI is InChI=1S/C13H20N4O/c1-3-14-13(18)11-4-5-12(15-10-11)17-8-6-16(2)7-9-17/h4-5,10H,3,6-9H2,1-2H3,(H,14,18)/p+2. The predicted molar refractivity (Wildman–Crippen MR) is 69.8 cm³/mol. The molecule has 0 spiro atoms. The number of aromatic nitrogens is 1. The van der Waals surface area contributed by atoms with Crippen LogP contribution >= 0.6 is 0 Å². The maximum absolute atomic E-state index is 11.6. The van der Waals surface area contributed by atoms with Crippen LogP contribution in [0, 0.1) is 0 Å². The van der Waals surface area contributed by atoms with Crippen molar-refractivity contribution in [2.24, 2.45) is 0 Å². The normalized spacial score (nSPS) is 16.7. The summed E-state index contributed by atoms with van der Waals surface area (Å²) in [6.45, 7) is 7.01. The van der Waals surface area contributed by atoms with Crippen molar-refractivity contribution in [1.29, 1.82) is 0 Å².